The lowest BCUT2D eigenvalue weighted by Gasteiger charge is -2.60. The van der Waals surface area contributed by atoms with Crippen molar-refractivity contribution in [2.75, 3.05) is 25.6 Å². The van der Waals surface area contributed by atoms with Gasteiger partial charge in [-0.25, -0.2) is 35.8 Å². The van der Waals surface area contributed by atoms with Crippen LogP contribution < -0.4 is 9.64 Å². The van der Waals surface area contributed by atoms with Crippen molar-refractivity contribution in [1.29, 1.82) is 0 Å². The third kappa shape index (κ3) is 6.58. The van der Waals surface area contributed by atoms with Crippen molar-refractivity contribution < 1.29 is 53.4 Å². The van der Waals surface area contributed by atoms with E-state index < -0.39 is 80.7 Å². The van der Waals surface area contributed by atoms with Crippen LogP contribution in [0.4, 0.5) is 36.4 Å². The van der Waals surface area contributed by atoms with Gasteiger partial charge in [-0.05, 0) is 43.7 Å². The van der Waals surface area contributed by atoms with E-state index in [1.807, 2.05) is 0 Å². The highest BCUT2D eigenvalue weighted by atomic mass is 32.2. The molecular weight excluding hydrogens is 635 g/mol. The summed E-state index contributed by atoms with van der Waals surface area (Å²) in [5, 5.41) is 0. The molecule has 0 bridgehead atoms. The van der Waals surface area contributed by atoms with Crippen LogP contribution in [0.1, 0.15) is 67.1 Å². The van der Waals surface area contributed by atoms with Gasteiger partial charge in [0.05, 0.1) is 18.4 Å². The monoisotopic (exact) mass is 667 g/mol. The quantitative estimate of drug-likeness (QED) is 0.242. The highest BCUT2D eigenvalue weighted by Gasteiger charge is 2.63. The van der Waals surface area contributed by atoms with E-state index in [-0.39, 0.29) is 55.6 Å². The van der Waals surface area contributed by atoms with E-state index in [2.05, 4.69) is 9.72 Å². The van der Waals surface area contributed by atoms with E-state index in [1.165, 1.54) is 30.3 Å². The minimum Gasteiger partial charge on any atom is -0.488 e. The van der Waals surface area contributed by atoms with E-state index in [1.54, 1.807) is 0 Å². The first kappa shape index (κ1) is 33.2. The molecule has 2 fully saturated rings. The predicted molar refractivity (Wildman–Crippen MR) is 147 cm³/mol. The zero-order chi connectivity index (χ0) is 33.2. The number of likely N-dealkylation sites (N-methyl/N-ethyl adjacent to an activating group) is 1. The number of carbonyl (C=O) groups is 1. The highest BCUT2D eigenvalue weighted by Crippen LogP contribution is 2.64. The van der Waals surface area contributed by atoms with E-state index in [0.29, 0.717) is 13.0 Å². The average Bonchev–Trinajstić information content (AvgIpc) is 2.98. The first-order chi connectivity index (χ1) is 20.8. The van der Waals surface area contributed by atoms with Gasteiger partial charge >= 0.3 is 12.1 Å². The Kier molecular flexibility index (Phi) is 8.33. The van der Waals surface area contributed by atoms with Gasteiger partial charge in [-0.1, -0.05) is 6.07 Å². The molecule has 16 heteroatoms. The molecule has 248 valence electrons. The molecule has 8 nitrogen and oxygen atoms in total. The molecule has 45 heavy (non-hydrogen) atoms. The van der Waals surface area contributed by atoms with Gasteiger partial charge in [0.1, 0.15) is 17.3 Å². The second-order valence-corrected chi connectivity index (χ2v) is 14.3. The number of pyridine rings is 1. The fourth-order valence-electron chi connectivity index (χ4n) is 6.64. The van der Waals surface area contributed by atoms with Gasteiger partial charge in [-0.15, -0.1) is 0 Å². The van der Waals surface area contributed by atoms with E-state index in [0.717, 1.165) is 17.5 Å². The number of hydrogen-bond acceptors (Lipinski definition) is 7. The third-order valence-corrected chi connectivity index (χ3v) is 10.8. The number of sulfonamides is 1. The lowest BCUT2D eigenvalue weighted by Crippen LogP contribution is -2.61. The molecule has 1 spiro atoms. The molecule has 2 saturated carbocycles. The average molecular weight is 668 g/mol. The van der Waals surface area contributed by atoms with Crippen LogP contribution in [0.2, 0.25) is 0 Å². The number of ether oxygens (including phenoxy) is 2. The number of rotatable bonds is 8. The lowest BCUT2D eigenvalue weighted by atomic mass is 9.52. The molecule has 2 aliphatic carbocycles. The fraction of sp³-hybridized carbons (Fsp3) is 0.586. The molecule has 1 atom stereocenters. The number of halogens is 7. The Morgan fingerprint density at radius 1 is 1.13 bits per heavy atom. The number of hydrogen-bond donors (Lipinski definition) is 0. The SMILES string of the molecule is COC(=O)c1ncccc1COc1cc2c(cc1C(F)(F)F)N(C1CC3(C1)CC(F)(F)C3)C[C@H](CCC(C)(F)F)N(C)S2(=O)=O. The Hall–Kier alpha value is -3.14. The molecule has 1 aliphatic heterocycles. The number of fused-ring (bicyclic) bond motifs is 1. The molecule has 5 rings (SSSR count). The van der Waals surface area contributed by atoms with Crippen LogP contribution >= 0.6 is 0 Å². The topological polar surface area (TPSA) is 89.0 Å². The molecule has 0 radical (unpaired) electrons. The number of benzene rings is 1. The summed E-state index contributed by atoms with van der Waals surface area (Å²) in [7, 11) is -2.30. The summed E-state index contributed by atoms with van der Waals surface area (Å²) in [5.41, 5.74) is -2.45. The summed E-state index contributed by atoms with van der Waals surface area (Å²) in [6.45, 7) is -0.136. The summed E-state index contributed by atoms with van der Waals surface area (Å²) in [6, 6.07) is 2.56. The smallest absolute Gasteiger partial charge is 0.420 e. The van der Waals surface area contributed by atoms with Gasteiger partial charge in [0.15, 0.2) is 5.69 Å². The van der Waals surface area contributed by atoms with Crippen LogP contribution in [0.5, 0.6) is 5.75 Å². The van der Waals surface area contributed by atoms with Gasteiger partial charge in [0.25, 0.3) is 0 Å². The number of methoxy groups -OCH3 is 1. The molecule has 1 aromatic carbocycles. The maximum Gasteiger partial charge on any atom is 0.420 e. The summed E-state index contributed by atoms with van der Waals surface area (Å²) in [4.78, 5) is 16.9. The van der Waals surface area contributed by atoms with Gasteiger partial charge < -0.3 is 14.4 Å². The van der Waals surface area contributed by atoms with Gasteiger partial charge in [-0.3, -0.25) is 0 Å². The Bertz CT molecular complexity index is 1560. The molecule has 0 amide bonds. The molecule has 0 unspecified atom stereocenters. The van der Waals surface area contributed by atoms with Gasteiger partial charge in [0, 0.05) is 62.8 Å². The number of anilines is 1. The number of carbonyl (C=O) groups excluding carboxylic acids is 1. The number of nitrogens with zero attached hydrogens (tertiary/aromatic N) is 3. The predicted octanol–water partition coefficient (Wildman–Crippen LogP) is 6.29. The minimum absolute atomic E-state index is 0.0756. The molecule has 3 aliphatic rings. The Labute approximate surface area is 255 Å². The van der Waals surface area contributed by atoms with Crippen LogP contribution in [-0.2, 0) is 27.5 Å². The van der Waals surface area contributed by atoms with Crippen molar-refractivity contribution >= 4 is 21.7 Å². The normalized spacial score (nSPS) is 22.6. The summed E-state index contributed by atoms with van der Waals surface area (Å²) < 4.78 is 137. The van der Waals surface area contributed by atoms with Gasteiger partial charge in [-0.2, -0.15) is 17.5 Å². The van der Waals surface area contributed by atoms with Crippen molar-refractivity contribution in [3.8, 4) is 5.75 Å². The van der Waals surface area contributed by atoms with Crippen molar-refractivity contribution in [2.45, 2.75) is 87.1 Å². The van der Waals surface area contributed by atoms with Crippen molar-refractivity contribution in [2.24, 2.45) is 5.41 Å². The maximum atomic E-state index is 14.5. The summed E-state index contributed by atoms with van der Waals surface area (Å²) >= 11 is 0. The first-order valence-corrected chi connectivity index (χ1v) is 15.6. The van der Waals surface area contributed by atoms with E-state index >= 15 is 0 Å². The summed E-state index contributed by atoms with van der Waals surface area (Å²) in [6.07, 6.45) is -5.09. The second-order valence-electron chi connectivity index (χ2n) is 12.3. The number of aromatic nitrogens is 1. The first-order valence-electron chi connectivity index (χ1n) is 14.2. The van der Waals surface area contributed by atoms with Gasteiger partial charge in [0.2, 0.25) is 21.9 Å². The summed E-state index contributed by atoms with van der Waals surface area (Å²) in [5.74, 6) is -7.68. The zero-order valence-electron chi connectivity index (χ0n) is 24.6. The second kappa shape index (κ2) is 11.3. The maximum absolute atomic E-state index is 14.5. The van der Waals surface area contributed by atoms with Crippen LogP contribution in [0.25, 0.3) is 0 Å². The van der Waals surface area contributed by atoms with Crippen LogP contribution in [-0.4, -0.2) is 68.3 Å². The molecular formula is C29H32F7N3O5S. The standard InChI is InChI=1S/C29H32F7N3O5S/c1-26(30,31)7-6-18-13-39(19-11-27(12-19)15-28(32,33)16-27)21-9-20(29(34,35)36)22(10-23(21)45(41,42)38(18)2)44-14-17-5-4-8-37-24(17)25(40)43-3/h4-5,8-10,18-19H,6-7,11-16H2,1-3H3/t18-/m0/s1. The largest absolute Gasteiger partial charge is 0.488 e. The van der Waals surface area contributed by atoms with E-state index in [9.17, 15) is 43.9 Å². The Morgan fingerprint density at radius 2 is 1.80 bits per heavy atom. The number of esters is 1. The molecule has 2 heterocycles. The Morgan fingerprint density at radius 3 is 2.38 bits per heavy atom. The fourth-order valence-corrected chi connectivity index (χ4v) is 8.21. The number of alkyl halides is 7. The molecule has 0 saturated heterocycles. The Balaban J connectivity index is 1.57. The third-order valence-electron chi connectivity index (χ3n) is 8.87. The van der Waals surface area contributed by atoms with Crippen molar-refractivity contribution in [3.63, 3.8) is 0 Å². The zero-order valence-corrected chi connectivity index (χ0v) is 25.5. The molecule has 1 aromatic heterocycles. The van der Waals surface area contributed by atoms with Crippen LogP contribution in [0, 0.1) is 5.41 Å². The highest BCUT2D eigenvalue weighted by molar-refractivity contribution is 7.89. The molecule has 0 N–H and O–H groups in total. The van der Waals surface area contributed by atoms with Crippen LogP contribution in [0.15, 0.2) is 35.4 Å². The van der Waals surface area contributed by atoms with Crippen molar-refractivity contribution in [3.05, 3.63) is 47.3 Å². The molecule has 2 aromatic rings. The van der Waals surface area contributed by atoms with Crippen LogP contribution in [0.3, 0.4) is 0 Å². The van der Waals surface area contributed by atoms with E-state index in [4.69, 9.17) is 4.74 Å². The van der Waals surface area contributed by atoms with Crippen molar-refractivity contribution in [1.82, 2.24) is 9.29 Å². The minimum atomic E-state index is -5.03. The lowest BCUT2D eigenvalue weighted by molar-refractivity contribution is -0.195.